The molecule has 25 heavy (non-hydrogen) atoms. The lowest BCUT2D eigenvalue weighted by atomic mass is 10.1. The Morgan fingerprint density at radius 3 is 2.84 bits per heavy atom. The second-order valence-corrected chi connectivity index (χ2v) is 6.19. The molecule has 0 bridgehead atoms. The highest BCUT2D eigenvalue weighted by molar-refractivity contribution is 5.95. The Labute approximate surface area is 147 Å². The summed E-state index contributed by atoms with van der Waals surface area (Å²) in [6, 6.07) is 7.26. The molecule has 7 heteroatoms. The first-order valence-electron chi connectivity index (χ1n) is 8.45. The van der Waals surface area contributed by atoms with Crippen molar-refractivity contribution in [2.24, 2.45) is 0 Å². The Balaban J connectivity index is 1.56. The summed E-state index contributed by atoms with van der Waals surface area (Å²) in [4.78, 5) is 18.4. The van der Waals surface area contributed by atoms with Gasteiger partial charge in [-0.25, -0.2) is 4.98 Å². The summed E-state index contributed by atoms with van der Waals surface area (Å²) in [6.07, 6.45) is 6.12. The monoisotopic (exact) mass is 344 g/mol. The van der Waals surface area contributed by atoms with Crippen LogP contribution in [0.1, 0.15) is 16.8 Å². The van der Waals surface area contributed by atoms with Gasteiger partial charge in [0.25, 0.3) is 5.91 Å². The number of likely N-dealkylation sites (tertiary alicyclic amines) is 1. The molecule has 0 saturated carbocycles. The molecule has 2 atom stereocenters. The van der Waals surface area contributed by atoms with E-state index in [1.54, 1.807) is 24.5 Å². The summed E-state index contributed by atoms with van der Waals surface area (Å²) in [5.41, 5.74) is 1.59. The van der Waals surface area contributed by atoms with Crippen LogP contribution >= 0.6 is 0 Å². The Bertz CT molecular complexity index is 672. The van der Waals surface area contributed by atoms with Gasteiger partial charge in [0.1, 0.15) is 0 Å². The van der Waals surface area contributed by atoms with Crippen LogP contribution in [-0.2, 0) is 11.3 Å². The first-order chi connectivity index (χ1) is 12.2. The number of nitrogens with one attached hydrogen (secondary N) is 1. The fraction of sp³-hybridized carbons (Fsp3) is 0.444. The fourth-order valence-electron chi connectivity index (χ4n) is 3.11. The first-order valence-corrected chi connectivity index (χ1v) is 8.45. The van der Waals surface area contributed by atoms with Crippen LogP contribution in [-0.4, -0.2) is 64.4 Å². The van der Waals surface area contributed by atoms with Gasteiger partial charge in [0.15, 0.2) is 0 Å². The number of methoxy groups -OCH3 is 1. The molecule has 2 N–H and O–H groups in total. The van der Waals surface area contributed by atoms with Gasteiger partial charge >= 0.3 is 0 Å². The molecule has 1 saturated heterocycles. The van der Waals surface area contributed by atoms with Gasteiger partial charge in [-0.15, -0.1) is 0 Å². The van der Waals surface area contributed by atoms with Gasteiger partial charge in [0.05, 0.1) is 25.1 Å². The second kappa shape index (κ2) is 8.13. The van der Waals surface area contributed by atoms with Crippen LogP contribution in [0, 0.1) is 0 Å². The van der Waals surface area contributed by atoms with Crippen molar-refractivity contribution < 1.29 is 14.6 Å². The maximum Gasteiger partial charge on any atom is 0.254 e. The molecule has 7 nitrogen and oxygen atoms in total. The number of hydrogen-bond acceptors (Lipinski definition) is 5. The molecule has 0 unspecified atom stereocenters. The summed E-state index contributed by atoms with van der Waals surface area (Å²) >= 11 is 0. The molecule has 1 aromatic carbocycles. The second-order valence-electron chi connectivity index (χ2n) is 6.19. The summed E-state index contributed by atoms with van der Waals surface area (Å²) in [6.45, 7) is 2.08. The molecular formula is C18H24N4O3. The zero-order chi connectivity index (χ0) is 17.6. The zero-order valence-electron chi connectivity index (χ0n) is 14.3. The van der Waals surface area contributed by atoms with Gasteiger partial charge < -0.3 is 24.6 Å². The lowest BCUT2D eigenvalue weighted by Gasteiger charge is -2.23. The van der Waals surface area contributed by atoms with E-state index in [0.29, 0.717) is 18.5 Å². The van der Waals surface area contributed by atoms with Crippen LogP contribution in [0.3, 0.4) is 0 Å². The fourth-order valence-corrected chi connectivity index (χ4v) is 3.11. The minimum atomic E-state index is -0.176. The molecule has 2 heterocycles. The number of amides is 1. The Morgan fingerprint density at radius 1 is 1.40 bits per heavy atom. The molecule has 3 rings (SSSR count). The number of nitrogens with zero attached hydrogens (tertiary/aromatic N) is 3. The molecule has 1 aliphatic heterocycles. The summed E-state index contributed by atoms with van der Waals surface area (Å²) < 4.78 is 7.33. The molecule has 1 fully saturated rings. The Morgan fingerprint density at radius 2 is 2.20 bits per heavy atom. The van der Waals surface area contributed by atoms with E-state index in [9.17, 15) is 9.90 Å². The van der Waals surface area contributed by atoms with E-state index >= 15 is 0 Å². The van der Waals surface area contributed by atoms with Crippen molar-refractivity contribution >= 4 is 11.6 Å². The Hall–Kier alpha value is -2.38. The van der Waals surface area contributed by atoms with Gasteiger partial charge in [-0.3, -0.25) is 4.79 Å². The van der Waals surface area contributed by atoms with E-state index in [-0.39, 0.29) is 24.7 Å². The number of imidazole rings is 1. The number of aliphatic hydroxyl groups excluding tert-OH is 1. The highest BCUT2D eigenvalue weighted by Crippen LogP contribution is 2.22. The summed E-state index contributed by atoms with van der Waals surface area (Å²) in [7, 11) is 1.64. The van der Waals surface area contributed by atoms with Crippen molar-refractivity contribution in [3.63, 3.8) is 0 Å². The number of aliphatic hydroxyl groups is 1. The van der Waals surface area contributed by atoms with Gasteiger partial charge in [-0.1, -0.05) is 0 Å². The quantitative estimate of drug-likeness (QED) is 0.789. The molecule has 1 aliphatic rings. The third-order valence-corrected chi connectivity index (χ3v) is 4.57. The van der Waals surface area contributed by atoms with Gasteiger partial charge in [-0.05, 0) is 30.7 Å². The number of ether oxygens (including phenoxy) is 1. The predicted molar refractivity (Wildman–Crippen MR) is 94.5 cm³/mol. The summed E-state index contributed by atoms with van der Waals surface area (Å²) in [5.74, 6) is -0.0661. The standard InChI is InChI=1S/C18H24N4O3/c1-25-17-10-16(12-23)22(11-17)18(24)14-2-4-15(5-3-14)20-7-9-21-8-6-19-13-21/h2-6,8,13,16-17,20,23H,7,9-12H2,1H3/t16-,17-/m0/s1. The lowest BCUT2D eigenvalue weighted by Crippen LogP contribution is -2.38. The molecule has 134 valence electrons. The van der Waals surface area contributed by atoms with Crippen LogP contribution in [0.15, 0.2) is 43.0 Å². The SMILES string of the molecule is CO[C@H]1C[C@@H](CO)N(C(=O)c2ccc(NCCn3ccnc3)cc2)C1. The Kier molecular flexibility index (Phi) is 5.67. The molecule has 0 aliphatic carbocycles. The minimum absolute atomic E-state index is 0.00906. The number of aromatic nitrogens is 2. The molecule has 0 spiro atoms. The van der Waals surface area contributed by atoms with E-state index in [0.717, 1.165) is 18.8 Å². The van der Waals surface area contributed by atoms with Crippen LogP contribution < -0.4 is 5.32 Å². The molecule has 1 aromatic heterocycles. The normalized spacial score (nSPS) is 20.0. The molecule has 1 amide bonds. The largest absolute Gasteiger partial charge is 0.394 e. The number of carbonyl (C=O) groups excluding carboxylic acids is 1. The average molecular weight is 344 g/mol. The number of anilines is 1. The third kappa shape index (κ3) is 4.18. The predicted octanol–water partition coefficient (Wildman–Crippen LogP) is 1.22. The minimum Gasteiger partial charge on any atom is -0.394 e. The van der Waals surface area contributed by atoms with Crippen LogP contribution in [0.5, 0.6) is 0 Å². The molecule has 2 aromatic rings. The van der Waals surface area contributed by atoms with Crippen LogP contribution in [0.25, 0.3) is 0 Å². The van der Waals surface area contributed by atoms with E-state index in [1.165, 1.54) is 0 Å². The van der Waals surface area contributed by atoms with E-state index in [4.69, 9.17) is 4.74 Å². The zero-order valence-corrected chi connectivity index (χ0v) is 14.3. The third-order valence-electron chi connectivity index (χ3n) is 4.57. The number of benzene rings is 1. The topological polar surface area (TPSA) is 79.6 Å². The van der Waals surface area contributed by atoms with Crippen molar-refractivity contribution in [2.75, 3.05) is 32.1 Å². The van der Waals surface area contributed by atoms with Crippen molar-refractivity contribution in [1.82, 2.24) is 14.5 Å². The number of hydrogen-bond donors (Lipinski definition) is 2. The molecular weight excluding hydrogens is 320 g/mol. The van der Waals surface area contributed by atoms with E-state index in [1.807, 2.05) is 35.0 Å². The lowest BCUT2D eigenvalue weighted by molar-refractivity contribution is 0.0648. The highest BCUT2D eigenvalue weighted by atomic mass is 16.5. The molecule has 0 radical (unpaired) electrons. The van der Waals surface area contributed by atoms with Crippen molar-refractivity contribution in [3.8, 4) is 0 Å². The highest BCUT2D eigenvalue weighted by Gasteiger charge is 2.35. The van der Waals surface area contributed by atoms with Crippen LogP contribution in [0.2, 0.25) is 0 Å². The van der Waals surface area contributed by atoms with Crippen molar-refractivity contribution in [3.05, 3.63) is 48.5 Å². The maximum atomic E-state index is 12.7. The smallest absolute Gasteiger partial charge is 0.254 e. The summed E-state index contributed by atoms with van der Waals surface area (Å²) in [5, 5.41) is 12.8. The van der Waals surface area contributed by atoms with Crippen molar-refractivity contribution in [2.45, 2.75) is 25.1 Å². The van der Waals surface area contributed by atoms with Crippen molar-refractivity contribution in [1.29, 1.82) is 0 Å². The first kappa shape index (κ1) is 17.4. The number of rotatable bonds is 7. The number of carbonyl (C=O) groups is 1. The maximum absolute atomic E-state index is 12.7. The van der Waals surface area contributed by atoms with Crippen LogP contribution in [0.4, 0.5) is 5.69 Å². The average Bonchev–Trinajstić information content (AvgIpc) is 3.31. The van der Waals surface area contributed by atoms with Gasteiger partial charge in [0, 0.05) is 50.4 Å². The van der Waals surface area contributed by atoms with Gasteiger partial charge in [-0.2, -0.15) is 0 Å². The van der Waals surface area contributed by atoms with Gasteiger partial charge in [0.2, 0.25) is 0 Å². The van der Waals surface area contributed by atoms with E-state index in [2.05, 4.69) is 10.3 Å². The van der Waals surface area contributed by atoms with E-state index < -0.39 is 0 Å².